The summed E-state index contributed by atoms with van der Waals surface area (Å²) in [4.78, 5) is 12.3. The fraction of sp³-hybridized carbons (Fsp3) is 0.786. The van der Waals surface area contributed by atoms with Crippen molar-refractivity contribution in [3.05, 3.63) is 12.2 Å². The van der Waals surface area contributed by atoms with Crippen LogP contribution in [0.4, 0.5) is 0 Å². The van der Waals surface area contributed by atoms with Crippen LogP contribution in [0.2, 0.25) is 0 Å². The van der Waals surface area contributed by atoms with Crippen molar-refractivity contribution in [3.8, 4) is 0 Å². The van der Waals surface area contributed by atoms with Gasteiger partial charge in [0.15, 0.2) is 0 Å². The van der Waals surface area contributed by atoms with E-state index in [9.17, 15) is 4.79 Å². The molecule has 0 aromatic rings. The van der Waals surface area contributed by atoms with E-state index in [-0.39, 0.29) is 22.9 Å². The maximum absolute atomic E-state index is 12.3. The van der Waals surface area contributed by atoms with Gasteiger partial charge < -0.3 is 10.1 Å². The summed E-state index contributed by atoms with van der Waals surface area (Å²) in [5, 5.41) is 3.41. The molecule has 3 heteroatoms. The quantitative estimate of drug-likeness (QED) is 0.561. The Morgan fingerprint density at radius 2 is 2.24 bits per heavy atom. The van der Waals surface area contributed by atoms with Crippen LogP contribution < -0.4 is 5.32 Å². The smallest absolute Gasteiger partial charge is 0.310 e. The summed E-state index contributed by atoms with van der Waals surface area (Å²) in [6.07, 6.45) is 7.47. The van der Waals surface area contributed by atoms with Crippen molar-refractivity contribution in [1.29, 1.82) is 0 Å². The van der Waals surface area contributed by atoms with Gasteiger partial charge in [-0.15, -0.1) is 0 Å². The average Bonchev–Trinajstić information content (AvgIpc) is 2.65. The molecule has 1 heterocycles. The molecule has 1 aliphatic heterocycles. The molecule has 1 spiro atoms. The summed E-state index contributed by atoms with van der Waals surface area (Å²) in [6.45, 7) is 7.63. The van der Waals surface area contributed by atoms with Crippen LogP contribution in [0.25, 0.3) is 0 Å². The van der Waals surface area contributed by atoms with Crippen LogP contribution >= 0.6 is 0 Å². The van der Waals surface area contributed by atoms with Crippen LogP contribution in [0.1, 0.15) is 40.0 Å². The molecule has 0 aromatic carbocycles. The second-order valence-electron chi connectivity index (χ2n) is 6.23. The maximum Gasteiger partial charge on any atom is 0.310 e. The van der Waals surface area contributed by atoms with E-state index in [2.05, 4.69) is 17.5 Å². The van der Waals surface area contributed by atoms with Gasteiger partial charge in [-0.2, -0.15) is 0 Å². The molecule has 2 unspecified atom stereocenters. The van der Waals surface area contributed by atoms with Crippen LogP contribution in [-0.2, 0) is 9.53 Å². The van der Waals surface area contributed by atoms with Crippen molar-refractivity contribution in [2.24, 2.45) is 11.3 Å². The zero-order valence-corrected chi connectivity index (χ0v) is 11.1. The summed E-state index contributed by atoms with van der Waals surface area (Å²) in [5.41, 5.74) is -0.369. The number of rotatable bonds is 1. The largest absolute Gasteiger partial charge is 0.460 e. The standard InChI is InChI=1S/C14H23NO2/c1-13(2,3)17-12(16)11-6-9-15-10-14(11)7-4-5-8-14/h4,7,11,15H,5-6,8-10H2,1-3H3. The Labute approximate surface area is 104 Å². The number of esters is 1. The molecule has 96 valence electrons. The third-order valence-electron chi connectivity index (χ3n) is 3.68. The number of piperidine rings is 1. The molecule has 0 radical (unpaired) electrons. The first kappa shape index (κ1) is 12.6. The van der Waals surface area contributed by atoms with Crippen LogP contribution in [0.5, 0.6) is 0 Å². The lowest BCUT2D eigenvalue weighted by atomic mass is 9.71. The highest BCUT2D eigenvalue weighted by molar-refractivity contribution is 5.74. The minimum Gasteiger partial charge on any atom is -0.460 e. The predicted octanol–water partition coefficient (Wildman–Crippen LogP) is 2.27. The fourth-order valence-corrected chi connectivity index (χ4v) is 2.89. The average molecular weight is 237 g/mol. The molecule has 1 saturated heterocycles. The van der Waals surface area contributed by atoms with Gasteiger partial charge in [-0.1, -0.05) is 12.2 Å². The van der Waals surface area contributed by atoms with Crippen molar-refractivity contribution < 1.29 is 9.53 Å². The molecule has 2 aliphatic rings. The Bertz CT molecular complexity index is 330. The fourth-order valence-electron chi connectivity index (χ4n) is 2.89. The third kappa shape index (κ3) is 2.71. The first-order chi connectivity index (χ1) is 7.93. The molecule has 0 bridgehead atoms. The summed E-state index contributed by atoms with van der Waals surface area (Å²) in [7, 11) is 0. The molecule has 0 amide bonds. The molecule has 0 saturated carbocycles. The van der Waals surface area contributed by atoms with Gasteiger partial charge in [0, 0.05) is 12.0 Å². The number of carbonyl (C=O) groups excluding carboxylic acids is 1. The Morgan fingerprint density at radius 1 is 1.47 bits per heavy atom. The van der Waals surface area contributed by atoms with Gasteiger partial charge in [0.1, 0.15) is 5.60 Å². The molecule has 0 aromatic heterocycles. The zero-order valence-electron chi connectivity index (χ0n) is 11.1. The Kier molecular flexibility index (Phi) is 3.30. The minimum atomic E-state index is -0.383. The van der Waals surface area contributed by atoms with Gasteiger partial charge in [0.2, 0.25) is 0 Å². The lowest BCUT2D eigenvalue weighted by Crippen LogP contribution is -2.49. The van der Waals surface area contributed by atoms with Crippen LogP contribution in [0.15, 0.2) is 12.2 Å². The molecule has 1 N–H and O–H groups in total. The van der Waals surface area contributed by atoms with Gasteiger partial charge in [-0.05, 0) is 46.6 Å². The molecule has 17 heavy (non-hydrogen) atoms. The van der Waals surface area contributed by atoms with E-state index < -0.39 is 0 Å². The van der Waals surface area contributed by atoms with Gasteiger partial charge in [0.05, 0.1) is 5.92 Å². The number of ether oxygens (including phenoxy) is 1. The normalized spacial score (nSPS) is 33.0. The number of hydrogen-bond acceptors (Lipinski definition) is 3. The summed E-state index contributed by atoms with van der Waals surface area (Å²) >= 11 is 0. The number of allylic oxidation sites excluding steroid dienone is 1. The molecule has 2 atom stereocenters. The molecular formula is C14H23NO2. The van der Waals surface area contributed by atoms with E-state index in [1.165, 1.54) is 0 Å². The highest BCUT2D eigenvalue weighted by Gasteiger charge is 2.45. The Balaban J connectivity index is 2.12. The summed E-state index contributed by atoms with van der Waals surface area (Å²) in [5.74, 6) is 0.00674. The first-order valence-corrected chi connectivity index (χ1v) is 6.54. The van der Waals surface area contributed by atoms with Crippen molar-refractivity contribution in [3.63, 3.8) is 0 Å². The number of nitrogens with one attached hydrogen (secondary N) is 1. The number of hydrogen-bond donors (Lipinski definition) is 1. The lowest BCUT2D eigenvalue weighted by molar-refractivity contribution is -0.165. The Hall–Kier alpha value is -0.830. The van der Waals surface area contributed by atoms with Crippen LogP contribution in [0, 0.1) is 11.3 Å². The zero-order chi connectivity index (χ0) is 12.5. The van der Waals surface area contributed by atoms with E-state index >= 15 is 0 Å². The first-order valence-electron chi connectivity index (χ1n) is 6.54. The Morgan fingerprint density at radius 3 is 2.82 bits per heavy atom. The molecule has 1 aliphatic carbocycles. The van der Waals surface area contributed by atoms with E-state index in [0.717, 1.165) is 32.4 Å². The van der Waals surface area contributed by atoms with Gasteiger partial charge in [-0.25, -0.2) is 0 Å². The second kappa shape index (κ2) is 4.45. The molecule has 3 nitrogen and oxygen atoms in total. The van der Waals surface area contributed by atoms with Crippen molar-refractivity contribution >= 4 is 5.97 Å². The van der Waals surface area contributed by atoms with E-state index in [4.69, 9.17) is 4.74 Å². The third-order valence-corrected chi connectivity index (χ3v) is 3.68. The maximum atomic E-state index is 12.3. The predicted molar refractivity (Wildman–Crippen MR) is 67.6 cm³/mol. The SMILES string of the molecule is CC(C)(C)OC(=O)C1CCNCC12C=CCC2. The topological polar surface area (TPSA) is 38.3 Å². The lowest BCUT2D eigenvalue weighted by Gasteiger charge is -2.40. The summed E-state index contributed by atoms with van der Waals surface area (Å²) < 4.78 is 5.56. The van der Waals surface area contributed by atoms with Crippen molar-refractivity contribution in [1.82, 2.24) is 5.32 Å². The van der Waals surface area contributed by atoms with Gasteiger partial charge in [0.25, 0.3) is 0 Å². The van der Waals surface area contributed by atoms with Gasteiger partial charge >= 0.3 is 5.97 Å². The monoisotopic (exact) mass is 237 g/mol. The van der Waals surface area contributed by atoms with E-state index in [1.54, 1.807) is 0 Å². The van der Waals surface area contributed by atoms with E-state index in [1.807, 2.05) is 20.8 Å². The van der Waals surface area contributed by atoms with Crippen molar-refractivity contribution in [2.45, 2.75) is 45.6 Å². The van der Waals surface area contributed by atoms with Crippen LogP contribution in [-0.4, -0.2) is 24.7 Å². The highest BCUT2D eigenvalue weighted by atomic mass is 16.6. The summed E-state index contributed by atoms with van der Waals surface area (Å²) in [6, 6.07) is 0. The second-order valence-corrected chi connectivity index (χ2v) is 6.23. The molecule has 1 fully saturated rings. The minimum absolute atomic E-state index is 0.0145. The number of carbonyl (C=O) groups is 1. The van der Waals surface area contributed by atoms with Crippen LogP contribution in [0.3, 0.4) is 0 Å². The highest BCUT2D eigenvalue weighted by Crippen LogP contribution is 2.43. The van der Waals surface area contributed by atoms with Crippen molar-refractivity contribution in [2.75, 3.05) is 13.1 Å². The van der Waals surface area contributed by atoms with Gasteiger partial charge in [-0.3, -0.25) is 4.79 Å². The molecule has 2 rings (SSSR count). The molecular weight excluding hydrogens is 214 g/mol. The van der Waals surface area contributed by atoms with E-state index in [0.29, 0.717) is 0 Å².